The second-order valence-electron chi connectivity index (χ2n) is 6.83. The first-order valence-corrected chi connectivity index (χ1v) is 11.0. The van der Waals surface area contributed by atoms with Crippen LogP contribution in [0.15, 0.2) is 64.2 Å². The maximum Gasteiger partial charge on any atom is 0.337 e. The second-order valence-corrected chi connectivity index (χ2v) is 8.82. The highest BCUT2D eigenvalue weighted by molar-refractivity contribution is 7.18. The van der Waals surface area contributed by atoms with Crippen molar-refractivity contribution >= 4 is 56.3 Å². The molecule has 0 fully saturated rings. The Hall–Kier alpha value is -2.87. The van der Waals surface area contributed by atoms with Gasteiger partial charge in [-0.25, -0.2) is 9.36 Å². The molecule has 2 aromatic heterocycles. The van der Waals surface area contributed by atoms with Crippen LogP contribution in [0.5, 0.6) is 0 Å². The fraction of sp³-hybridized carbons (Fsp3) is 0.136. The third-order valence-electron chi connectivity index (χ3n) is 4.69. The van der Waals surface area contributed by atoms with E-state index in [-0.39, 0.29) is 6.54 Å². The van der Waals surface area contributed by atoms with E-state index in [0.717, 1.165) is 9.44 Å². The zero-order valence-corrected chi connectivity index (χ0v) is 18.7. The van der Waals surface area contributed by atoms with Gasteiger partial charge in [-0.2, -0.15) is 0 Å². The van der Waals surface area contributed by atoms with Gasteiger partial charge in [0.2, 0.25) is 5.91 Å². The number of rotatable bonds is 5. The van der Waals surface area contributed by atoms with Gasteiger partial charge in [-0.1, -0.05) is 42.3 Å². The van der Waals surface area contributed by atoms with E-state index in [0.29, 0.717) is 38.1 Å². The quantitative estimate of drug-likeness (QED) is 0.455. The van der Waals surface area contributed by atoms with Gasteiger partial charge < -0.3 is 5.32 Å². The smallest absolute Gasteiger partial charge is 0.324 e. The van der Waals surface area contributed by atoms with Gasteiger partial charge in [0.25, 0.3) is 5.56 Å². The zero-order chi connectivity index (χ0) is 22.1. The van der Waals surface area contributed by atoms with Gasteiger partial charge in [0.15, 0.2) is 0 Å². The largest absolute Gasteiger partial charge is 0.337 e. The van der Waals surface area contributed by atoms with Crippen LogP contribution in [0.1, 0.15) is 11.8 Å². The lowest BCUT2D eigenvalue weighted by atomic mass is 10.3. The molecule has 0 aliphatic carbocycles. The molecule has 4 aromatic rings. The molecule has 158 valence electrons. The van der Waals surface area contributed by atoms with Crippen molar-refractivity contribution in [1.82, 2.24) is 9.13 Å². The Balaban J connectivity index is 1.85. The SMILES string of the molecule is CCc1cc2c(=O)n(-c3cccc(Cl)c3)c(=O)n(CC(=O)Nc3cccc(Cl)c3)c2s1. The molecule has 2 aromatic carbocycles. The normalized spacial score (nSPS) is 11.1. The van der Waals surface area contributed by atoms with Gasteiger partial charge in [-0.15, -0.1) is 11.3 Å². The van der Waals surface area contributed by atoms with E-state index in [2.05, 4.69) is 5.32 Å². The summed E-state index contributed by atoms with van der Waals surface area (Å²) in [5.41, 5.74) is -0.182. The Morgan fingerprint density at radius 2 is 1.74 bits per heavy atom. The van der Waals surface area contributed by atoms with E-state index in [1.165, 1.54) is 15.9 Å². The molecule has 31 heavy (non-hydrogen) atoms. The molecule has 0 saturated heterocycles. The average molecular weight is 474 g/mol. The summed E-state index contributed by atoms with van der Waals surface area (Å²) in [5.74, 6) is -0.409. The number of nitrogens with zero attached hydrogens (tertiary/aromatic N) is 2. The van der Waals surface area contributed by atoms with Crippen LogP contribution in [0.3, 0.4) is 0 Å². The molecular formula is C22H17Cl2N3O3S. The Bertz CT molecular complexity index is 1420. The number of benzene rings is 2. The van der Waals surface area contributed by atoms with E-state index in [1.54, 1.807) is 54.6 Å². The van der Waals surface area contributed by atoms with Crippen LogP contribution in [-0.4, -0.2) is 15.0 Å². The van der Waals surface area contributed by atoms with E-state index < -0.39 is 17.2 Å². The third-order valence-corrected chi connectivity index (χ3v) is 6.46. The number of nitrogens with one attached hydrogen (secondary N) is 1. The molecule has 0 aliphatic heterocycles. The van der Waals surface area contributed by atoms with Crippen LogP contribution in [0.25, 0.3) is 15.9 Å². The lowest BCUT2D eigenvalue weighted by molar-refractivity contribution is -0.116. The summed E-state index contributed by atoms with van der Waals surface area (Å²) in [6, 6.07) is 15.0. The van der Waals surface area contributed by atoms with Crippen molar-refractivity contribution in [2.24, 2.45) is 0 Å². The Kier molecular flexibility index (Phi) is 6.00. The minimum absolute atomic E-state index is 0.258. The molecule has 2 heterocycles. The number of aryl methyl sites for hydroxylation is 1. The Morgan fingerprint density at radius 1 is 1.03 bits per heavy atom. The van der Waals surface area contributed by atoms with Crippen molar-refractivity contribution < 1.29 is 4.79 Å². The first-order chi connectivity index (χ1) is 14.9. The number of anilines is 1. The van der Waals surface area contributed by atoms with Crippen LogP contribution in [0, 0.1) is 0 Å². The standard InChI is InChI=1S/C22H17Cl2N3O3S/c1-2-17-11-18-20(29)27(16-8-4-6-14(24)10-16)22(30)26(21(18)31-17)12-19(28)25-15-7-3-5-13(23)9-15/h3-11H,2,12H2,1H3,(H,25,28). The zero-order valence-electron chi connectivity index (χ0n) is 16.4. The summed E-state index contributed by atoms with van der Waals surface area (Å²) >= 11 is 13.4. The summed E-state index contributed by atoms with van der Waals surface area (Å²) in [7, 11) is 0. The minimum Gasteiger partial charge on any atom is -0.324 e. The molecule has 0 atom stereocenters. The molecule has 9 heteroatoms. The first kappa shape index (κ1) is 21.4. The minimum atomic E-state index is -0.606. The lowest BCUT2D eigenvalue weighted by Crippen LogP contribution is -2.40. The van der Waals surface area contributed by atoms with E-state index in [1.807, 2.05) is 6.92 Å². The molecule has 0 spiro atoms. The fourth-order valence-corrected chi connectivity index (χ4v) is 4.72. The van der Waals surface area contributed by atoms with Crippen LogP contribution in [-0.2, 0) is 17.8 Å². The number of amides is 1. The summed E-state index contributed by atoms with van der Waals surface area (Å²) in [6.07, 6.45) is 0.707. The van der Waals surface area contributed by atoms with Crippen molar-refractivity contribution in [2.45, 2.75) is 19.9 Å². The highest BCUT2D eigenvalue weighted by atomic mass is 35.5. The molecule has 0 radical (unpaired) electrons. The van der Waals surface area contributed by atoms with Gasteiger partial charge >= 0.3 is 5.69 Å². The monoisotopic (exact) mass is 473 g/mol. The number of carbonyl (C=O) groups excluding carboxylic acids is 1. The molecule has 0 aliphatic rings. The highest BCUT2D eigenvalue weighted by Gasteiger charge is 2.19. The van der Waals surface area contributed by atoms with Crippen molar-refractivity contribution in [3.05, 3.63) is 90.4 Å². The van der Waals surface area contributed by atoms with E-state index in [4.69, 9.17) is 23.2 Å². The first-order valence-electron chi connectivity index (χ1n) is 9.47. The number of aromatic nitrogens is 2. The molecule has 4 rings (SSSR count). The fourth-order valence-electron chi connectivity index (χ4n) is 3.27. The molecule has 0 bridgehead atoms. The third kappa shape index (κ3) is 4.30. The topological polar surface area (TPSA) is 73.1 Å². The van der Waals surface area contributed by atoms with E-state index in [9.17, 15) is 14.4 Å². The van der Waals surface area contributed by atoms with Gasteiger partial charge in [0, 0.05) is 20.6 Å². The van der Waals surface area contributed by atoms with Gasteiger partial charge in [-0.05, 0) is 48.9 Å². The number of carbonyl (C=O) groups is 1. The van der Waals surface area contributed by atoms with Crippen molar-refractivity contribution in [3.63, 3.8) is 0 Å². The van der Waals surface area contributed by atoms with E-state index >= 15 is 0 Å². The number of hydrogen-bond donors (Lipinski definition) is 1. The summed E-state index contributed by atoms with van der Waals surface area (Å²) in [5, 5.41) is 4.01. The highest BCUT2D eigenvalue weighted by Crippen LogP contribution is 2.24. The number of thiophene rings is 1. The van der Waals surface area contributed by atoms with Gasteiger partial charge in [0.05, 0.1) is 11.1 Å². The van der Waals surface area contributed by atoms with Crippen LogP contribution >= 0.6 is 34.5 Å². The molecule has 0 saturated carbocycles. The lowest BCUT2D eigenvalue weighted by Gasteiger charge is -2.12. The summed E-state index contributed by atoms with van der Waals surface area (Å²) in [4.78, 5) is 40.6. The van der Waals surface area contributed by atoms with Crippen molar-refractivity contribution in [2.75, 3.05) is 5.32 Å². The summed E-state index contributed by atoms with van der Waals surface area (Å²) in [6.45, 7) is 1.71. The Labute approximate surface area is 191 Å². The van der Waals surface area contributed by atoms with Crippen LogP contribution < -0.4 is 16.6 Å². The molecule has 1 amide bonds. The Morgan fingerprint density at radius 3 is 2.42 bits per heavy atom. The summed E-state index contributed by atoms with van der Waals surface area (Å²) < 4.78 is 2.37. The molecule has 0 unspecified atom stereocenters. The van der Waals surface area contributed by atoms with Gasteiger partial charge in [-0.3, -0.25) is 14.2 Å². The van der Waals surface area contributed by atoms with Crippen molar-refractivity contribution in [1.29, 1.82) is 0 Å². The second kappa shape index (κ2) is 8.70. The number of hydrogen-bond acceptors (Lipinski definition) is 4. The predicted octanol–water partition coefficient (Wildman–Crippen LogP) is 4.72. The maximum atomic E-state index is 13.3. The number of fused-ring (bicyclic) bond motifs is 1. The molecule has 6 nitrogen and oxygen atoms in total. The molecule has 1 N–H and O–H groups in total. The van der Waals surface area contributed by atoms with Crippen LogP contribution in [0.2, 0.25) is 10.0 Å². The van der Waals surface area contributed by atoms with Crippen LogP contribution in [0.4, 0.5) is 5.69 Å². The molecular weight excluding hydrogens is 457 g/mol. The van der Waals surface area contributed by atoms with Gasteiger partial charge in [0.1, 0.15) is 11.4 Å². The number of halogens is 2. The maximum absolute atomic E-state index is 13.3. The average Bonchev–Trinajstić information content (AvgIpc) is 3.16. The van der Waals surface area contributed by atoms with Crippen molar-refractivity contribution in [3.8, 4) is 5.69 Å². The predicted molar refractivity (Wildman–Crippen MR) is 126 cm³/mol.